The number of rotatable bonds is 4. The van der Waals surface area contributed by atoms with E-state index in [0.717, 1.165) is 40.4 Å². The molecular formula is C15H21N3O. The lowest BCUT2D eigenvalue weighted by Gasteiger charge is -2.12. The average Bonchev–Trinajstić information content (AvgIpc) is 2.71. The van der Waals surface area contributed by atoms with Gasteiger partial charge in [0.1, 0.15) is 5.75 Å². The number of nitrogens with one attached hydrogen (secondary N) is 2. The van der Waals surface area contributed by atoms with E-state index in [-0.39, 0.29) is 0 Å². The number of nitrogens with zero attached hydrogens (tertiary/aromatic N) is 1. The molecule has 1 aromatic carbocycles. The Kier molecular flexibility index (Phi) is 3.90. The van der Waals surface area contributed by atoms with Crippen LogP contribution < -0.4 is 10.1 Å². The molecule has 0 spiro atoms. The summed E-state index contributed by atoms with van der Waals surface area (Å²) in [6.07, 6.45) is 0. The van der Waals surface area contributed by atoms with Crippen LogP contribution in [0.4, 0.5) is 0 Å². The summed E-state index contributed by atoms with van der Waals surface area (Å²) in [5.74, 6) is 0.899. The van der Waals surface area contributed by atoms with Crippen LogP contribution in [0.15, 0.2) is 12.1 Å². The standard InChI is InChI=1S/C15H21N3O/c1-9-6-10(2)15(19-5)12(7-9)14-11(3)13(8-16-4)17-18-14/h6-7,16H,8H2,1-5H3,(H,17,18). The maximum absolute atomic E-state index is 5.54. The largest absolute Gasteiger partial charge is 0.496 e. The van der Waals surface area contributed by atoms with Crippen molar-refractivity contribution in [2.45, 2.75) is 27.3 Å². The first-order chi connectivity index (χ1) is 9.08. The fraction of sp³-hybridized carbons (Fsp3) is 0.400. The van der Waals surface area contributed by atoms with Crippen molar-refractivity contribution in [3.05, 3.63) is 34.5 Å². The monoisotopic (exact) mass is 259 g/mol. The lowest BCUT2D eigenvalue weighted by Crippen LogP contribution is -2.06. The van der Waals surface area contributed by atoms with Gasteiger partial charge in [-0.05, 0) is 50.6 Å². The van der Waals surface area contributed by atoms with Gasteiger partial charge in [0, 0.05) is 12.1 Å². The van der Waals surface area contributed by atoms with Gasteiger partial charge in [0.05, 0.1) is 18.5 Å². The van der Waals surface area contributed by atoms with Crippen molar-refractivity contribution < 1.29 is 4.74 Å². The van der Waals surface area contributed by atoms with E-state index >= 15 is 0 Å². The number of aromatic amines is 1. The molecule has 19 heavy (non-hydrogen) atoms. The zero-order chi connectivity index (χ0) is 14.0. The van der Waals surface area contributed by atoms with Gasteiger partial charge in [-0.2, -0.15) is 5.10 Å². The van der Waals surface area contributed by atoms with Crippen molar-refractivity contribution in [3.63, 3.8) is 0 Å². The molecule has 0 unspecified atom stereocenters. The second-order valence-electron chi connectivity index (χ2n) is 4.87. The number of benzene rings is 1. The maximum atomic E-state index is 5.54. The highest BCUT2D eigenvalue weighted by molar-refractivity contribution is 5.73. The van der Waals surface area contributed by atoms with Crippen LogP contribution in [0, 0.1) is 20.8 Å². The van der Waals surface area contributed by atoms with Gasteiger partial charge in [0.2, 0.25) is 0 Å². The van der Waals surface area contributed by atoms with Crippen LogP contribution in [0.2, 0.25) is 0 Å². The summed E-state index contributed by atoms with van der Waals surface area (Å²) in [6.45, 7) is 7.02. The Balaban J connectivity index is 2.58. The molecule has 0 aliphatic heterocycles. The Hall–Kier alpha value is -1.81. The molecule has 1 aromatic heterocycles. The van der Waals surface area contributed by atoms with Crippen molar-refractivity contribution in [1.82, 2.24) is 15.5 Å². The SMILES string of the molecule is CNCc1[nH]nc(-c2cc(C)cc(C)c2OC)c1C. The van der Waals surface area contributed by atoms with Crippen molar-refractivity contribution in [3.8, 4) is 17.0 Å². The van der Waals surface area contributed by atoms with Gasteiger partial charge < -0.3 is 10.1 Å². The quantitative estimate of drug-likeness (QED) is 0.887. The molecule has 1 heterocycles. The van der Waals surface area contributed by atoms with E-state index in [0.29, 0.717) is 0 Å². The van der Waals surface area contributed by atoms with Crippen LogP contribution >= 0.6 is 0 Å². The lowest BCUT2D eigenvalue weighted by molar-refractivity contribution is 0.413. The molecule has 0 radical (unpaired) electrons. The van der Waals surface area contributed by atoms with E-state index in [1.165, 1.54) is 5.56 Å². The topological polar surface area (TPSA) is 49.9 Å². The molecule has 0 aliphatic rings. The minimum atomic E-state index is 0.784. The van der Waals surface area contributed by atoms with Crippen LogP contribution in [0.25, 0.3) is 11.3 Å². The van der Waals surface area contributed by atoms with E-state index in [1.807, 2.05) is 7.05 Å². The Morgan fingerprint density at radius 2 is 2.00 bits per heavy atom. The molecule has 4 heteroatoms. The van der Waals surface area contributed by atoms with Crippen molar-refractivity contribution in [1.29, 1.82) is 0 Å². The minimum Gasteiger partial charge on any atom is -0.496 e. The number of hydrogen-bond donors (Lipinski definition) is 2. The second kappa shape index (κ2) is 5.45. The first-order valence-corrected chi connectivity index (χ1v) is 6.42. The Morgan fingerprint density at radius 1 is 1.26 bits per heavy atom. The van der Waals surface area contributed by atoms with Gasteiger partial charge in [-0.3, -0.25) is 5.10 Å². The lowest BCUT2D eigenvalue weighted by atomic mass is 10.0. The van der Waals surface area contributed by atoms with Gasteiger partial charge >= 0.3 is 0 Å². The second-order valence-corrected chi connectivity index (χ2v) is 4.87. The molecule has 0 amide bonds. The van der Waals surface area contributed by atoms with Crippen molar-refractivity contribution in [2.75, 3.05) is 14.2 Å². The highest BCUT2D eigenvalue weighted by Gasteiger charge is 2.16. The number of aromatic nitrogens is 2. The number of methoxy groups -OCH3 is 1. The van der Waals surface area contributed by atoms with E-state index in [1.54, 1.807) is 7.11 Å². The predicted molar refractivity (Wildman–Crippen MR) is 77.6 cm³/mol. The summed E-state index contributed by atoms with van der Waals surface area (Å²) in [6, 6.07) is 4.25. The highest BCUT2D eigenvalue weighted by atomic mass is 16.5. The molecule has 2 N–H and O–H groups in total. The fourth-order valence-corrected chi connectivity index (χ4v) is 2.45. The number of H-pyrrole nitrogens is 1. The zero-order valence-electron chi connectivity index (χ0n) is 12.2. The van der Waals surface area contributed by atoms with Gasteiger partial charge in [-0.15, -0.1) is 0 Å². The molecule has 0 saturated heterocycles. The van der Waals surface area contributed by atoms with Crippen LogP contribution in [0.3, 0.4) is 0 Å². The number of aryl methyl sites for hydroxylation is 2. The normalized spacial score (nSPS) is 10.8. The molecule has 2 aromatic rings. The van der Waals surface area contributed by atoms with Crippen LogP contribution in [-0.2, 0) is 6.54 Å². The molecule has 0 fully saturated rings. The van der Waals surface area contributed by atoms with E-state index in [4.69, 9.17) is 4.74 Å². The summed E-state index contributed by atoms with van der Waals surface area (Å²) in [5, 5.41) is 10.7. The molecule has 0 atom stereocenters. The Morgan fingerprint density at radius 3 is 2.63 bits per heavy atom. The number of ether oxygens (including phenoxy) is 1. The molecule has 0 bridgehead atoms. The minimum absolute atomic E-state index is 0.784. The van der Waals surface area contributed by atoms with Crippen LogP contribution in [0.5, 0.6) is 5.75 Å². The molecule has 0 aliphatic carbocycles. The third-order valence-corrected chi connectivity index (χ3v) is 3.34. The summed E-state index contributed by atoms with van der Waals surface area (Å²) in [4.78, 5) is 0. The van der Waals surface area contributed by atoms with Crippen molar-refractivity contribution in [2.24, 2.45) is 0 Å². The third-order valence-electron chi connectivity index (χ3n) is 3.34. The molecule has 102 valence electrons. The van der Waals surface area contributed by atoms with Crippen LogP contribution in [0.1, 0.15) is 22.4 Å². The molecule has 2 rings (SSSR count). The Bertz CT molecular complexity index is 587. The zero-order valence-corrected chi connectivity index (χ0v) is 12.2. The smallest absolute Gasteiger partial charge is 0.131 e. The predicted octanol–water partition coefficient (Wildman–Crippen LogP) is 2.73. The van der Waals surface area contributed by atoms with E-state index in [2.05, 4.69) is 48.4 Å². The average molecular weight is 259 g/mol. The highest BCUT2D eigenvalue weighted by Crippen LogP contribution is 2.35. The summed E-state index contributed by atoms with van der Waals surface area (Å²) in [5.41, 5.74) is 6.64. The van der Waals surface area contributed by atoms with Crippen LogP contribution in [-0.4, -0.2) is 24.4 Å². The maximum Gasteiger partial charge on any atom is 0.131 e. The van der Waals surface area contributed by atoms with E-state index < -0.39 is 0 Å². The van der Waals surface area contributed by atoms with Gasteiger partial charge in [-0.25, -0.2) is 0 Å². The van der Waals surface area contributed by atoms with Crippen molar-refractivity contribution >= 4 is 0 Å². The van der Waals surface area contributed by atoms with E-state index in [9.17, 15) is 0 Å². The van der Waals surface area contributed by atoms with Gasteiger partial charge in [0.15, 0.2) is 0 Å². The molecule has 0 saturated carbocycles. The van der Waals surface area contributed by atoms with Gasteiger partial charge in [0.25, 0.3) is 0 Å². The first kappa shape index (κ1) is 13.6. The summed E-state index contributed by atoms with van der Waals surface area (Å²) in [7, 11) is 3.63. The number of hydrogen-bond acceptors (Lipinski definition) is 3. The summed E-state index contributed by atoms with van der Waals surface area (Å²) >= 11 is 0. The molecular weight excluding hydrogens is 238 g/mol. The Labute approximate surface area is 114 Å². The van der Waals surface area contributed by atoms with Gasteiger partial charge in [-0.1, -0.05) is 6.07 Å². The first-order valence-electron chi connectivity index (χ1n) is 6.42. The summed E-state index contributed by atoms with van der Waals surface area (Å²) < 4.78 is 5.54. The fourth-order valence-electron chi connectivity index (χ4n) is 2.45. The molecule has 4 nitrogen and oxygen atoms in total. The third kappa shape index (κ3) is 2.49.